The molecule has 8 heteroatoms. The van der Waals surface area contributed by atoms with Crippen LogP contribution in [-0.4, -0.2) is 41.7 Å². The minimum atomic E-state index is -0.734. The number of nitrogens with zero attached hydrogens (tertiary/aromatic N) is 1. The highest BCUT2D eigenvalue weighted by atomic mass is 16.6. The van der Waals surface area contributed by atoms with Crippen LogP contribution in [0.2, 0.25) is 0 Å². The summed E-state index contributed by atoms with van der Waals surface area (Å²) < 4.78 is 10.3. The molecule has 2 N–H and O–H groups in total. The van der Waals surface area contributed by atoms with Crippen LogP contribution in [0.1, 0.15) is 52.5 Å². The maximum Gasteiger partial charge on any atom is 0.426 e. The molecule has 156 valence electrons. The first-order valence-corrected chi connectivity index (χ1v) is 9.44. The Labute approximate surface area is 166 Å². The summed E-state index contributed by atoms with van der Waals surface area (Å²) in [6, 6.07) is 8.99. The smallest absolute Gasteiger partial charge is 0.426 e. The summed E-state index contributed by atoms with van der Waals surface area (Å²) in [5, 5.41) is 0. The van der Waals surface area contributed by atoms with Gasteiger partial charge in [0.25, 0.3) is 0 Å². The lowest BCUT2D eigenvalue weighted by molar-refractivity contribution is -0.145. The van der Waals surface area contributed by atoms with Crippen molar-refractivity contribution in [2.24, 2.45) is 0 Å². The average Bonchev–Trinajstić information content (AvgIpc) is 2.63. The summed E-state index contributed by atoms with van der Waals surface area (Å²) in [5.74, 6) is -0.312. The van der Waals surface area contributed by atoms with Gasteiger partial charge < -0.3 is 14.4 Å². The van der Waals surface area contributed by atoms with Gasteiger partial charge in [-0.15, -0.1) is 0 Å². The van der Waals surface area contributed by atoms with Crippen molar-refractivity contribution in [2.75, 3.05) is 13.1 Å². The highest BCUT2D eigenvalue weighted by molar-refractivity contribution is 5.78. The van der Waals surface area contributed by atoms with Crippen molar-refractivity contribution in [1.29, 1.82) is 0 Å². The Balaban J connectivity index is 2.33. The Morgan fingerprint density at radius 3 is 2.32 bits per heavy atom. The van der Waals surface area contributed by atoms with Crippen molar-refractivity contribution < 1.29 is 23.9 Å². The molecule has 0 aliphatic carbocycles. The molecule has 28 heavy (non-hydrogen) atoms. The highest BCUT2D eigenvalue weighted by Gasteiger charge is 2.18. The fourth-order valence-corrected chi connectivity index (χ4v) is 2.30. The molecule has 0 aliphatic rings. The van der Waals surface area contributed by atoms with Crippen molar-refractivity contribution in [3.05, 3.63) is 35.9 Å². The molecule has 0 bridgehead atoms. The fourth-order valence-electron chi connectivity index (χ4n) is 2.30. The van der Waals surface area contributed by atoms with Crippen LogP contribution >= 0.6 is 0 Å². The normalized spacial score (nSPS) is 10.7. The van der Waals surface area contributed by atoms with Gasteiger partial charge in [0.1, 0.15) is 12.2 Å². The molecular weight excluding hydrogens is 362 g/mol. The van der Waals surface area contributed by atoms with Gasteiger partial charge in [0.2, 0.25) is 0 Å². The van der Waals surface area contributed by atoms with Gasteiger partial charge in [-0.1, -0.05) is 37.3 Å². The number of carbonyl (C=O) groups excluding carboxylic acids is 3. The number of hydrogen-bond donors (Lipinski definition) is 2. The first kappa shape index (κ1) is 23.3. The van der Waals surface area contributed by atoms with Crippen molar-refractivity contribution in [1.82, 2.24) is 15.8 Å². The lowest BCUT2D eigenvalue weighted by atomic mass is 10.2. The van der Waals surface area contributed by atoms with Gasteiger partial charge in [-0.3, -0.25) is 4.79 Å². The van der Waals surface area contributed by atoms with E-state index in [0.29, 0.717) is 19.5 Å². The number of carbonyl (C=O) groups is 3. The number of hydrogen-bond acceptors (Lipinski definition) is 5. The summed E-state index contributed by atoms with van der Waals surface area (Å²) in [6.45, 7) is 8.24. The third-order valence-electron chi connectivity index (χ3n) is 3.50. The lowest BCUT2D eigenvalue weighted by Gasteiger charge is -2.24. The lowest BCUT2D eigenvalue weighted by Crippen LogP contribution is -2.50. The fraction of sp³-hybridized carbons (Fsp3) is 0.550. The first-order valence-electron chi connectivity index (χ1n) is 9.44. The molecular formula is C20H31N3O5. The van der Waals surface area contributed by atoms with E-state index in [-0.39, 0.29) is 19.0 Å². The van der Waals surface area contributed by atoms with Crippen LogP contribution in [0.4, 0.5) is 9.59 Å². The van der Waals surface area contributed by atoms with E-state index in [1.807, 2.05) is 37.3 Å². The number of urea groups is 1. The minimum absolute atomic E-state index is 0.208. The number of amides is 3. The van der Waals surface area contributed by atoms with Crippen LogP contribution in [0.25, 0.3) is 0 Å². The molecule has 0 aliphatic heterocycles. The summed E-state index contributed by atoms with van der Waals surface area (Å²) >= 11 is 0. The number of nitrogens with one attached hydrogen (secondary N) is 2. The Morgan fingerprint density at radius 2 is 1.71 bits per heavy atom. The molecule has 0 spiro atoms. The summed E-state index contributed by atoms with van der Waals surface area (Å²) in [6.07, 6.45) is 0.688. The molecule has 3 amide bonds. The number of ether oxygens (including phenoxy) is 2. The predicted octanol–water partition coefficient (Wildman–Crippen LogP) is 3.37. The van der Waals surface area contributed by atoms with Gasteiger partial charge in [0.05, 0.1) is 0 Å². The van der Waals surface area contributed by atoms with Gasteiger partial charge in [-0.2, -0.15) is 0 Å². The predicted molar refractivity (Wildman–Crippen MR) is 105 cm³/mol. The van der Waals surface area contributed by atoms with Crippen LogP contribution in [0.5, 0.6) is 0 Å². The third-order valence-corrected chi connectivity index (χ3v) is 3.50. The summed E-state index contributed by atoms with van der Waals surface area (Å²) in [5.41, 5.74) is 4.81. The standard InChI is InChI=1S/C20H31N3O5/c1-5-13-23(18(25)21-22-19(26)28-20(2,3)4)14-9-12-17(24)27-15-16-10-7-6-8-11-16/h6-8,10-11H,5,9,12-15H2,1-4H3,(H,21,25)(H,22,26). The van der Waals surface area contributed by atoms with E-state index in [0.717, 1.165) is 12.0 Å². The minimum Gasteiger partial charge on any atom is -0.461 e. The van der Waals surface area contributed by atoms with E-state index in [9.17, 15) is 14.4 Å². The largest absolute Gasteiger partial charge is 0.461 e. The van der Waals surface area contributed by atoms with Crippen molar-refractivity contribution in [3.8, 4) is 0 Å². The first-order chi connectivity index (χ1) is 13.2. The summed E-state index contributed by atoms with van der Waals surface area (Å²) in [7, 11) is 0. The number of hydrazine groups is 1. The van der Waals surface area contributed by atoms with Crippen LogP contribution in [0, 0.1) is 0 Å². The number of rotatable bonds is 8. The van der Waals surface area contributed by atoms with E-state index in [1.54, 1.807) is 20.8 Å². The second-order valence-corrected chi connectivity index (χ2v) is 7.29. The van der Waals surface area contributed by atoms with Crippen LogP contribution in [0.3, 0.4) is 0 Å². The maximum absolute atomic E-state index is 12.2. The van der Waals surface area contributed by atoms with Crippen molar-refractivity contribution in [3.63, 3.8) is 0 Å². The van der Waals surface area contributed by atoms with Gasteiger partial charge in [-0.25, -0.2) is 20.4 Å². The number of benzene rings is 1. The van der Waals surface area contributed by atoms with E-state index >= 15 is 0 Å². The van der Waals surface area contributed by atoms with Crippen LogP contribution in [-0.2, 0) is 20.9 Å². The molecule has 0 atom stereocenters. The van der Waals surface area contributed by atoms with Gasteiger partial charge in [0.15, 0.2) is 0 Å². The van der Waals surface area contributed by atoms with E-state index in [1.165, 1.54) is 4.90 Å². The maximum atomic E-state index is 12.2. The molecule has 0 heterocycles. The van der Waals surface area contributed by atoms with Gasteiger partial charge >= 0.3 is 18.1 Å². The molecule has 1 aromatic carbocycles. The second kappa shape index (κ2) is 11.8. The SMILES string of the molecule is CCCN(CCCC(=O)OCc1ccccc1)C(=O)NNC(=O)OC(C)(C)C. The molecule has 0 unspecified atom stereocenters. The van der Waals surface area contributed by atoms with Crippen LogP contribution < -0.4 is 10.9 Å². The Morgan fingerprint density at radius 1 is 1.04 bits per heavy atom. The highest BCUT2D eigenvalue weighted by Crippen LogP contribution is 2.06. The molecule has 0 saturated heterocycles. The molecule has 0 radical (unpaired) electrons. The van der Waals surface area contributed by atoms with Crippen molar-refractivity contribution in [2.45, 2.75) is 59.2 Å². The molecule has 1 rings (SSSR count). The third kappa shape index (κ3) is 10.4. The molecule has 0 fully saturated rings. The van der Waals surface area contributed by atoms with Crippen LogP contribution in [0.15, 0.2) is 30.3 Å². The van der Waals surface area contributed by atoms with Crippen molar-refractivity contribution >= 4 is 18.1 Å². The molecule has 0 saturated carbocycles. The van der Waals surface area contributed by atoms with E-state index < -0.39 is 17.7 Å². The van der Waals surface area contributed by atoms with E-state index in [2.05, 4.69) is 10.9 Å². The quantitative estimate of drug-likeness (QED) is 0.521. The van der Waals surface area contributed by atoms with Gasteiger partial charge in [0, 0.05) is 19.5 Å². The average molecular weight is 393 g/mol. The molecule has 0 aromatic heterocycles. The summed E-state index contributed by atoms with van der Waals surface area (Å²) in [4.78, 5) is 37.2. The monoisotopic (exact) mass is 393 g/mol. The molecule has 1 aromatic rings. The van der Waals surface area contributed by atoms with Gasteiger partial charge in [-0.05, 0) is 39.2 Å². The Kier molecular flexibility index (Phi) is 9.84. The second-order valence-electron chi connectivity index (χ2n) is 7.29. The van der Waals surface area contributed by atoms with E-state index in [4.69, 9.17) is 9.47 Å². The molecule has 8 nitrogen and oxygen atoms in total. The zero-order chi connectivity index (χ0) is 21.0. The Hall–Kier alpha value is -2.77. The zero-order valence-electron chi connectivity index (χ0n) is 17.1. The topological polar surface area (TPSA) is 97.0 Å². The zero-order valence-corrected chi connectivity index (χ0v) is 17.1. The Bertz CT molecular complexity index is 628. The number of esters is 1.